The van der Waals surface area contributed by atoms with Gasteiger partial charge in [0.25, 0.3) is 0 Å². The van der Waals surface area contributed by atoms with Gasteiger partial charge in [0.15, 0.2) is 16.6 Å². The first kappa shape index (κ1) is 40.8. The average molecular weight is 723 g/mol. The fraction of sp³-hybridized carbons (Fsp3) is 0.950. The van der Waals surface area contributed by atoms with E-state index < -0.39 is 25.0 Å². The maximum absolute atomic E-state index is 7.78. The van der Waals surface area contributed by atoms with Crippen LogP contribution in [-0.2, 0) is 22.8 Å². The fourth-order valence-corrected chi connectivity index (χ4v) is 16.0. The third kappa shape index (κ3) is 6.70. The minimum Gasteiger partial charge on any atom is -0.547 e. The topological polar surface area (TPSA) is 46.2 Å². The lowest BCUT2D eigenvalue weighted by molar-refractivity contribution is -0.256. The molecular weight excluding hydrogens is 645 g/mol. The molecule has 0 heterocycles. The fourth-order valence-electron chi connectivity index (χ4n) is 10.6. The third-order valence-corrected chi connectivity index (χ3v) is 29.6. The summed E-state index contributed by atoms with van der Waals surface area (Å²) in [6.45, 7) is 39.6. The molecule has 9 atom stereocenters. The summed E-state index contributed by atoms with van der Waals surface area (Å²) in [6.07, 6.45) is 9.60. The van der Waals surface area contributed by atoms with Crippen LogP contribution in [0.3, 0.4) is 0 Å². The SMILES string of the molecule is CC[Si](CC)(CC)OC1=CCC[C@@H]2[C@@H]1C[C@@H](O[Si](C)(C)C(C)(C)C)[C@H]1[C@@]2(C)C[C@@H](O[Si](C)(C)C(C)(C)C)[C@@]2(C)[C@@H](OCOC)CC[C@@]12C. The Morgan fingerprint density at radius 2 is 1.38 bits per heavy atom. The predicted molar refractivity (Wildman–Crippen MR) is 210 cm³/mol. The van der Waals surface area contributed by atoms with Gasteiger partial charge in [-0.3, -0.25) is 0 Å². The van der Waals surface area contributed by atoms with E-state index >= 15 is 0 Å². The van der Waals surface area contributed by atoms with Crippen LogP contribution in [0.5, 0.6) is 0 Å². The summed E-state index contributed by atoms with van der Waals surface area (Å²) in [6, 6.07) is 3.54. The highest BCUT2D eigenvalue weighted by Gasteiger charge is 2.74. The Hall–Kier alpha value is 0.0306. The monoisotopic (exact) mass is 723 g/mol. The van der Waals surface area contributed by atoms with Crippen LogP contribution in [0.2, 0.25) is 54.4 Å². The van der Waals surface area contributed by atoms with Gasteiger partial charge in [-0.25, -0.2) is 0 Å². The van der Waals surface area contributed by atoms with Gasteiger partial charge in [0.1, 0.15) is 6.79 Å². The van der Waals surface area contributed by atoms with Gasteiger partial charge < -0.3 is 22.8 Å². The van der Waals surface area contributed by atoms with Crippen molar-refractivity contribution in [1.29, 1.82) is 0 Å². The standard InChI is InChI=1S/C40H78O5Si3/c1-18-48(19-2,20-3)44-31-23-21-22-30-29(31)26-32(43-46(14,15)36(4,5)6)35-38(30,10)27-34(45-47(16,17)37(7,8)9)40(12)33(42-28-41-13)24-25-39(35,40)11/h23,29-30,32-35H,18-22,24-28H2,1-17H3/t29-,30+,32+,33-,34+,35-,38-,39-,40+/m0/s1. The number of hydrogen-bond acceptors (Lipinski definition) is 5. The smallest absolute Gasteiger partial charge is 0.250 e. The van der Waals surface area contributed by atoms with Gasteiger partial charge in [-0.1, -0.05) is 83.1 Å². The minimum absolute atomic E-state index is 0.000383. The number of allylic oxidation sites excluding steroid dienone is 2. The van der Waals surface area contributed by atoms with Crippen LogP contribution in [0.1, 0.15) is 122 Å². The van der Waals surface area contributed by atoms with E-state index in [0.29, 0.717) is 24.5 Å². The maximum Gasteiger partial charge on any atom is 0.250 e. The van der Waals surface area contributed by atoms with Gasteiger partial charge in [0, 0.05) is 24.5 Å². The Morgan fingerprint density at radius 1 is 0.812 bits per heavy atom. The highest BCUT2D eigenvalue weighted by Crippen LogP contribution is 2.74. The molecule has 0 aliphatic heterocycles. The summed E-state index contributed by atoms with van der Waals surface area (Å²) >= 11 is 0. The van der Waals surface area contributed by atoms with E-state index in [1.165, 1.54) is 30.3 Å². The second-order valence-corrected chi connectivity index (χ2v) is 34.5. The molecule has 0 bridgehead atoms. The molecule has 48 heavy (non-hydrogen) atoms. The zero-order valence-electron chi connectivity index (χ0n) is 34.7. The summed E-state index contributed by atoms with van der Waals surface area (Å²) in [5, 5.41) is 0.272. The van der Waals surface area contributed by atoms with E-state index in [1.54, 1.807) is 7.11 Å². The summed E-state index contributed by atoms with van der Waals surface area (Å²) in [5.74, 6) is 2.73. The maximum atomic E-state index is 7.78. The molecule has 0 aromatic rings. The molecule has 4 rings (SSSR count). The normalized spacial score (nSPS) is 37.8. The Kier molecular flexibility index (Phi) is 11.7. The number of hydrogen-bond donors (Lipinski definition) is 0. The summed E-state index contributed by atoms with van der Waals surface area (Å²) < 4.78 is 35.2. The summed E-state index contributed by atoms with van der Waals surface area (Å²) in [7, 11) is -4.28. The van der Waals surface area contributed by atoms with Crippen molar-refractivity contribution in [1.82, 2.24) is 0 Å². The van der Waals surface area contributed by atoms with Crippen LogP contribution in [0.15, 0.2) is 11.8 Å². The van der Waals surface area contributed by atoms with E-state index in [-0.39, 0.29) is 44.6 Å². The molecule has 4 aliphatic rings. The molecule has 3 saturated carbocycles. The molecule has 8 heteroatoms. The molecule has 0 spiro atoms. The second-order valence-electron chi connectivity index (χ2n) is 20.2. The second kappa shape index (κ2) is 13.8. The number of rotatable bonds is 12. The lowest BCUT2D eigenvalue weighted by Gasteiger charge is -2.70. The van der Waals surface area contributed by atoms with Crippen molar-refractivity contribution >= 4 is 25.0 Å². The van der Waals surface area contributed by atoms with E-state index in [2.05, 4.69) is 115 Å². The van der Waals surface area contributed by atoms with Gasteiger partial charge >= 0.3 is 0 Å². The van der Waals surface area contributed by atoms with Gasteiger partial charge in [-0.2, -0.15) is 0 Å². The largest absolute Gasteiger partial charge is 0.547 e. The Labute approximate surface area is 300 Å². The van der Waals surface area contributed by atoms with Crippen molar-refractivity contribution in [2.24, 2.45) is 34.0 Å². The first-order chi connectivity index (χ1) is 21.9. The van der Waals surface area contributed by atoms with Crippen molar-refractivity contribution in [3.05, 3.63) is 11.8 Å². The van der Waals surface area contributed by atoms with Crippen LogP contribution in [-0.4, -0.2) is 57.2 Å². The number of ether oxygens (including phenoxy) is 2. The Morgan fingerprint density at radius 3 is 1.90 bits per heavy atom. The summed E-state index contributed by atoms with van der Waals surface area (Å²) in [5.41, 5.74) is -0.0862. The molecule has 0 amide bonds. The first-order valence-electron chi connectivity index (χ1n) is 19.8. The van der Waals surface area contributed by atoms with Gasteiger partial charge in [-0.05, 0) is 122 Å². The van der Waals surface area contributed by atoms with Crippen LogP contribution in [0.25, 0.3) is 0 Å². The minimum atomic E-state index is -2.11. The Bertz CT molecular complexity index is 1140. The van der Waals surface area contributed by atoms with E-state index in [0.717, 1.165) is 32.1 Å². The molecule has 5 nitrogen and oxygen atoms in total. The van der Waals surface area contributed by atoms with Crippen LogP contribution < -0.4 is 0 Å². The van der Waals surface area contributed by atoms with Crippen molar-refractivity contribution in [3.8, 4) is 0 Å². The van der Waals surface area contributed by atoms with Crippen LogP contribution in [0, 0.1) is 34.0 Å². The highest BCUT2D eigenvalue weighted by molar-refractivity contribution is 6.74. The van der Waals surface area contributed by atoms with Crippen molar-refractivity contribution in [2.75, 3.05) is 13.9 Å². The van der Waals surface area contributed by atoms with Crippen molar-refractivity contribution < 1.29 is 22.8 Å². The number of methoxy groups -OCH3 is 1. The molecule has 0 N–H and O–H groups in total. The first-order valence-corrected chi connectivity index (χ1v) is 28.1. The third-order valence-electron chi connectivity index (χ3n) is 16.0. The molecule has 3 fully saturated rings. The molecule has 0 radical (unpaired) electrons. The van der Waals surface area contributed by atoms with E-state index in [1.807, 2.05) is 0 Å². The van der Waals surface area contributed by atoms with E-state index in [9.17, 15) is 0 Å². The zero-order chi connectivity index (χ0) is 36.4. The Balaban J connectivity index is 1.92. The molecule has 0 saturated heterocycles. The van der Waals surface area contributed by atoms with Crippen LogP contribution in [0.4, 0.5) is 0 Å². The predicted octanol–water partition coefficient (Wildman–Crippen LogP) is 11.9. The van der Waals surface area contributed by atoms with Crippen LogP contribution >= 0.6 is 0 Å². The number of fused-ring (bicyclic) bond motifs is 5. The van der Waals surface area contributed by atoms with E-state index in [4.69, 9.17) is 22.8 Å². The summed E-state index contributed by atoms with van der Waals surface area (Å²) in [4.78, 5) is 0. The molecule has 0 unspecified atom stereocenters. The molecule has 280 valence electrons. The highest BCUT2D eigenvalue weighted by atomic mass is 28.4. The lowest BCUT2D eigenvalue weighted by atomic mass is 9.38. The zero-order valence-corrected chi connectivity index (χ0v) is 37.7. The van der Waals surface area contributed by atoms with Crippen molar-refractivity contribution in [2.45, 2.75) is 194 Å². The quantitative estimate of drug-likeness (QED) is 0.148. The molecule has 0 aromatic carbocycles. The van der Waals surface area contributed by atoms with Gasteiger partial charge in [0.05, 0.1) is 18.0 Å². The van der Waals surface area contributed by atoms with Gasteiger partial charge in [-0.15, -0.1) is 0 Å². The molecule has 4 aliphatic carbocycles. The van der Waals surface area contributed by atoms with Gasteiger partial charge in [0.2, 0.25) is 8.32 Å². The lowest BCUT2D eigenvalue weighted by Crippen LogP contribution is -2.70. The molecule has 0 aromatic heterocycles. The average Bonchev–Trinajstić information content (AvgIpc) is 3.24. The van der Waals surface area contributed by atoms with Crippen molar-refractivity contribution in [3.63, 3.8) is 0 Å². The molecular formula is C40H78O5Si3.